The molecule has 1 saturated heterocycles. The van der Waals surface area contributed by atoms with Gasteiger partial charge in [-0.15, -0.1) is 10.2 Å². The van der Waals surface area contributed by atoms with E-state index in [0.717, 1.165) is 54.4 Å². The highest BCUT2D eigenvalue weighted by Gasteiger charge is 2.21. The van der Waals surface area contributed by atoms with E-state index in [2.05, 4.69) is 55.4 Å². The van der Waals surface area contributed by atoms with E-state index in [1.807, 2.05) is 6.07 Å². The summed E-state index contributed by atoms with van der Waals surface area (Å²) in [6.07, 6.45) is 3.56. The van der Waals surface area contributed by atoms with Crippen molar-refractivity contribution in [1.82, 2.24) is 25.1 Å². The van der Waals surface area contributed by atoms with Gasteiger partial charge in [0.15, 0.2) is 17.3 Å². The summed E-state index contributed by atoms with van der Waals surface area (Å²) in [5.74, 6) is 1.95. The first kappa shape index (κ1) is 18.7. The van der Waals surface area contributed by atoms with Crippen molar-refractivity contribution in [3.8, 4) is 23.0 Å². The number of rotatable bonds is 5. The molecule has 30 heavy (non-hydrogen) atoms. The van der Waals surface area contributed by atoms with Gasteiger partial charge in [0.25, 0.3) is 0 Å². The van der Waals surface area contributed by atoms with Gasteiger partial charge in [-0.05, 0) is 56.0 Å². The van der Waals surface area contributed by atoms with Crippen molar-refractivity contribution in [3.05, 3.63) is 59.9 Å². The monoisotopic (exact) mass is 403 g/mol. The van der Waals surface area contributed by atoms with Crippen molar-refractivity contribution < 1.29 is 10.2 Å². The van der Waals surface area contributed by atoms with Crippen LogP contribution in [0, 0.1) is 5.92 Å². The highest BCUT2D eigenvalue weighted by Crippen LogP contribution is 2.32. The number of likely N-dealkylation sites (tertiary alicyclic amines) is 1. The van der Waals surface area contributed by atoms with Gasteiger partial charge in [-0.3, -0.25) is 4.90 Å². The van der Waals surface area contributed by atoms with Crippen molar-refractivity contribution in [2.75, 3.05) is 13.1 Å². The van der Waals surface area contributed by atoms with E-state index in [1.54, 1.807) is 0 Å². The Morgan fingerprint density at radius 1 is 0.933 bits per heavy atom. The van der Waals surface area contributed by atoms with E-state index in [-0.39, 0.29) is 11.5 Å². The minimum atomic E-state index is -0.148. The zero-order valence-electron chi connectivity index (χ0n) is 16.7. The third-order valence-corrected chi connectivity index (χ3v) is 5.95. The number of phenols is 2. The molecule has 0 saturated carbocycles. The summed E-state index contributed by atoms with van der Waals surface area (Å²) in [4.78, 5) is 8.93. The molecule has 1 aliphatic heterocycles. The number of hydrogen-bond acceptors (Lipinski definition) is 5. The Balaban J connectivity index is 1.21. The number of benzene rings is 2. The highest BCUT2D eigenvalue weighted by molar-refractivity contribution is 5.87. The minimum Gasteiger partial charge on any atom is -0.504 e. The Labute approximate surface area is 174 Å². The number of aromatic hydroxyl groups is 2. The fraction of sp³-hybridized carbons (Fsp3) is 0.304. The Morgan fingerprint density at radius 2 is 1.70 bits per heavy atom. The maximum atomic E-state index is 9.68. The number of piperidine rings is 1. The lowest BCUT2D eigenvalue weighted by atomic mass is 9.90. The maximum absolute atomic E-state index is 9.68. The number of phenolic OH excluding ortho intramolecular Hbond substituents is 2. The molecule has 4 N–H and O–H groups in total. The fourth-order valence-electron chi connectivity index (χ4n) is 4.28. The summed E-state index contributed by atoms with van der Waals surface area (Å²) in [5.41, 5.74) is 2.94. The Hall–Kier alpha value is -3.32. The first-order chi connectivity index (χ1) is 14.6. The van der Waals surface area contributed by atoms with Gasteiger partial charge in [-0.1, -0.05) is 30.3 Å². The van der Waals surface area contributed by atoms with Gasteiger partial charge in [-0.25, -0.2) is 0 Å². The van der Waals surface area contributed by atoms with E-state index in [1.165, 1.54) is 30.5 Å². The maximum Gasteiger partial charge on any atom is 0.177 e. The third-order valence-electron chi connectivity index (χ3n) is 5.95. The molecule has 1 fully saturated rings. The summed E-state index contributed by atoms with van der Waals surface area (Å²) in [6.45, 7) is 2.89. The van der Waals surface area contributed by atoms with E-state index in [9.17, 15) is 10.2 Å². The molecular formula is C23H25N5O2. The summed E-state index contributed by atoms with van der Waals surface area (Å²) in [6, 6.07) is 15.7. The van der Waals surface area contributed by atoms with Crippen LogP contribution in [0.1, 0.15) is 24.2 Å². The van der Waals surface area contributed by atoms with E-state index in [4.69, 9.17) is 0 Å². The minimum absolute atomic E-state index is 0.137. The number of fused-ring (bicyclic) bond motifs is 1. The molecule has 3 heterocycles. The van der Waals surface area contributed by atoms with Crippen LogP contribution in [0.2, 0.25) is 0 Å². The molecule has 1 aliphatic rings. The smallest absolute Gasteiger partial charge is 0.177 e. The average Bonchev–Trinajstić information content (AvgIpc) is 3.37. The second-order valence-corrected chi connectivity index (χ2v) is 8.14. The zero-order valence-corrected chi connectivity index (χ0v) is 16.7. The normalized spacial score (nSPS) is 15.7. The van der Waals surface area contributed by atoms with Crippen LogP contribution in [0.3, 0.4) is 0 Å². The van der Waals surface area contributed by atoms with E-state index < -0.39 is 0 Å². The van der Waals surface area contributed by atoms with Gasteiger partial charge < -0.3 is 20.2 Å². The summed E-state index contributed by atoms with van der Waals surface area (Å²) >= 11 is 0. The van der Waals surface area contributed by atoms with Crippen molar-refractivity contribution in [1.29, 1.82) is 0 Å². The SMILES string of the molecule is Oc1cc2cc(-c3nnc(CN4CCC(Cc5ccccc5)CC4)[nH]3)[nH]c2cc1O. The molecule has 7 heteroatoms. The molecule has 0 spiro atoms. The van der Waals surface area contributed by atoms with Crippen LogP contribution in [0.5, 0.6) is 11.5 Å². The molecule has 2 aromatic heterocycles. The molecule has 0 unspecified atom stereocenters. The summed E-state index contributed by atoms with van der Waals surface area (Å²) in [5, 5.41) is 28.7. The van der Waals surface area contributed by atoms with Gasteiger partial charge in [0.05, 0.1) is 12.2 Å². The van der Waals surface area contributed by atoms with Gasteiger partial charge >= 0.3 is 0 Å². The second-order valence-electron chi connectivity index (χ2n) is 8.14. The van der Waals surface area contributed by atoms with Gasteiger partial charge in [0.2, 0.25) is 0 Å². The lowest BCUT2D eigenvalue weighted by molar-refractivity contribution is 0.173. The molecular weight excluding hydrogens is 378 g/mol. The number of nitrogens with one attached hydrogen (secondary N) is 2. The molecule has 7 nitrogen and oxygen atoms in total. The average molecular weight is 403 g/mol. The van der Waals surface area contributed by atoms with Crippen LogP contribution in [0.4, 0.5) is 0 Å². The standard InChI is InChI=1S/C23H25N5O2/c29-20-12-17-11-19(24-18(17)13-21(20)30)23-25-22(26-27-23)14-28-8-6-16(7-9-28)10-15-4-2-1-3-5-15/h1-5,11-13,16,24,29-30H,6-10,14H2,(H,25,26,27). The van der Waals surface area contributed by atoms with Gasteiger partial charge in [0.1, 0.15) is 5.82 Å². The van der Waals surface area contributed by atoms with E-state index >= 15 is 0 Å². The Kier molecular flexibility index (Phi) is 4.88. The number of H-pyrrole nitrogens is 2. The first-order valence-corrected chi connectivity index (χ1v) is 10.4. The zero-order chi connectivity index (χ0) is 20.5. The van der Waals surface area contributed by atoms with Crippen LogP contribution in [-0.2, 0) is 13.0 Å². The topological polar surface area (TPSA) is 101 Å². The quantitative estimate of drug-likeness (QED) is 0.380. The van der Waals surface area contributed by atoms with Crippen LogP contribution < -0.4 is 0 Å². The van der Waals surface area contributed by atoms with Crippen LogP contribution >= 0.6 is 0 Å². The molecule has 0 atom stereocenters. The van der Waals surface area contributed by atoms with Crippen LogP contribution in [0.25, 0.3) is 22.4 Å². The largest absolute Gasteiger partial charge is 0.504 e. The van der Waals surface area contributed by atoms with Crippen molar-refractivity contribution >= 4 is 10.9 Å². The second kappa shape index (κ2) is 7.84. The van der Waals surface area contributed by atoms with Crippen molar-refractivity contribution in [2.45, 2.75) is 25.8 Å². The molecule has 0 aliphatic carbocycles. The summed E-state index contributed by atoms with van der Waals surface area (Å²) < 4.78 is 0. The Bertz CT molecular complexity index is 1100. The highest BCUT2D eigenvalue weighted by atomic mass is 16.3. The van der Waals surface area contributed by atoms with Crippen LogP contribution in [-0.4, -0.2) is 48.4 Å². The third kappa shape index (κ3) is 3.89. The predicted molar refractivity (Wildman–Crippen MR) is 115 cm³/mol. The molecule has 154 valence electrons. The number of nitrogens with zero attached hydrogens (tertiary/aromatic N) is 3. The predicted octanol–water partition coefficient (Wildman–Crippen LogP) is 3.82. The lowest BCUT2D eigenvalue weighted by Crippen LogP contribution is -2.34. The number of aromatic amines is 2. The molecule has 0 bridgehead atoms. The van der Waals surface area contributed by atoms with Crippen molar-refractivity contribution in [3.63, 3.8) is 0 Å². The molecule has 0 amide bonds. The number of aromatic nitrogens is 4. The Morgan fingerprint density at radius 3 is 2.50 bits per heavy atom. The number of hydrogen-bond donors (Lipinski definition) is 4. The molecule has 2 aromatic carbocycles. The lowest BCUT2D eigenvalue weighted by Gasteiger charge is -2.31. The van der Waals surface area contributed by atoms with Crippen LogP contribution in [0.15, 0.2) is 48.5 Å². The molecule has 4 aromatic rings. The van der Waals surface area contributed by atoms with Gasteiger partial charge in [-0.2, -0.15) is 0 Å². The van der Waals surface area contributed by atoms with Gasteiger partial charge in [0, 0.05) is 17.0 Å². The molecule has 5 rings (SSSR count). The molecule has 0 radical (unpaired) electrons. The van der Waals surface area contributed by atoms with Crippen molar-refractivity contribution in [2.24, 2.45) is 5.92 Å². The van der Waals surface area contributed by atoms with E-state index in [0.29, 0.717) is 5.82 Å². The fourth-order valence-corrected chi connectivity index (χ4v) is 4.28. The first-order valence-electron chi connectivity index (χ1n) is 10.4. The summed E-state index contributed by atoms with van der Waals surface area (Å²) in [7, 11) is 0.